The summed E-state index contributed by atoms with van der Waals surface area (Å²) in [5.41, 5.74) is 0.255. The first-order chi connectivity index (χ1) is 7.18. The van der Waals surface area contributed by atoms with Crippen LogP contribution >= 0.6 is 11.6 Å². The standard InChI is InChI=1S/C11H8ClFO2/c12-8-4-3-7(6-9(8)13)11(14)10-2-1-5-15-10/h2-4,6H,1,5H2. The van der Waals surface area contributed by atoms with Gasteiger partial charge in [-0.3, -0.25) is 4.79 Å². The molecular weight excluding hydrogens is 219 g/mol. The van der Waals surface area contributed by atoms with Crippen molar-refractivity contribution in [1.82, 2.24) is 0 Å². The smallest absolute Gasteiger partial charge is 0.227 e. The van der Waals surface area contributed by atoms with Crippen LogP contribution in [0.1, 0.15) is 16.8 Å². The van der Waals surface area contributed by atoms with Gasteiger partial charge in [0.2, 0.25) is 5.78 Å². The predicted molar refractivity (Wildman–Crippen MR) is 54.4 cm³/mol. The molecule has 78 valence electrons. The molecule has 1 aromatic rings. The van der Waals surface area contributed by atoms with Crippen molar-refractivity contribution in [2.45, 2.75) is 6.42 Å². The zero-order valence-electron chi connectivity index (χ0n) is 7.80. The second kappa shape index (κ2) is 4.03. The van der Waals surface area contributed by atoms with E-state index in [-0.39, 0.29) is 22.1 Å². The fourth-order valence-electron chi connectivity index (χ4n) is 1.36. The number of halogens is 2. The van der Waals surface area contributed by atoms with Crippen molar-refractivity contribution in [3.63, 3.8) is 0 Å². The second-order valence-corrected chi connectivity index (χ2v) is 3.57. The first kappa shape index (κ1) is 10.2. The van der Waals surface area contributed by atoms with Crippen molar-refractivity contribution < 1.29 is 13.9 Å². The van der Waals surface area contributed by atoms with Crippen LogP contribution in [0.25, 0.3) is 0 Å². The molecule has 1 aromatic carbocycles. The summed E-state index contributed by atoms with van der Waals surface area (Å²) in [5.74, 6) is -0.610. The van der Waals surface area contributed by atoms with Crippen LogP contribution in [0.3, 0.4) is 0 Å². The van der Waals surface area contributed by atoms with Crippen LogP contribution in [0.15, 0.2) is 30.0 Å². The van der Waals surface area contributed by atoms with Gasteiger partial charge in [0.05, 0.1) is 11.6 Å². The van der Waals surface area contributed by atoms with Crippen molar-refractivity contribution in [2.24, 2.45) is 0 Å². The van der Waals surface area contributed by atoms with E-state index in [0.29, 0.717) is 6.61 Å². The molecule has 0 radical (unpaired) electrons. The van der Waals surface area contributed by atoms with E-state index in [2.05, 4.69) is 0 Å². The lowest BCUT2D eigenvalue weighted by atomic mass is 10.1. The first-order valence-electron chi connectivity index (χ1n) is 4.51. The van der Waals surface area contributed by atoms with Gasteiger partial charge in [-0.15, -0.1) is 0 Å². The van der Waals surface area contributed by atoms with Gasteiger partial charge in [0.25, 0.3) is 0 Å². The highest BCUT2D eigenvalue weighted by Gasteiger charge is 2.17. The number of ether oxygens (including phenoxy) is 1. The number of hydrogen-bond acceptors (Lipinski definition) is 2. The maximum atomic E-state index is 13.1. The van der Waals surface area contributed by atoms with E-state index in [1.807, 2.05) is 0 Å². The molecule has 0 bridgehead atoms. The number of benzene rings is 1. The van der Waals surface area contributed by atoms with E-state index in [1.54, 1.807) is 6.08 Å². The highest BCUT2D eigenvalue weighted by molar-refractivity contribution is 6.30. The van der Waals surface area contributed by atoms with E-state index >= 15 is 0 Å². The summed E-state index contributed by atoms with van der Waals surface area (Å²) < 4.78 is 18.2. The largest absolute Gasteiger partial charge is 0.489 e. The van der Waals surface area contributed by atoms with E-state index in [0.717, 1.165) is 12.5 Å². The van der Waals surface area contributed by atoms with Crippen LogP contribution in [0.2, 0.25) is 5.02 Å². The Hall–Kier alpha value is -1.35. The zero-order chi connectivity index (χ0) is 10.8. The molecule has 4 heteroatoms. The monoisotopic (exact) mass is 226 g/mol. The second-order valence-electron chi connectivity index (χ2n) is 3.16. The van der Waals surface area contributed by atoms with E-state index in [9.17, 15) is 9.18 Å². The zero-order valence-corrected chi connectivity index (χ0v) is 8.55. The normalized spacial score (nSPS) is 14.7. The maximum absolute atomic E-state index is 13.1. The SMILES string of the molecule is O=C(C1=CCCO1)c1ccc(Cl)c(F)c1. The van der Waals surface area contributed by atoms with Crippen molar-refractivity contribution in [3.8, 4) is 0 Å². The van der Waals surface area contributed by atoms with Crippen LogP contribution in [0.4, 0.5) is 4.39 Å². The summed E-state index contributed by atoms with van der Waals surface area (Å²) in [6.07, 6.45) is 2.42. The summed E-state index contributed by atoms with van der Waals surface area (Å²) in [4.78, 5) is 11.7. The van der Waals surface area contributed by atoms with Gasteiger partial charge in [0, 0.05) is 12.0 Å². The molecule has 0 saturated heterocycles. The lowest BCUT2D eigenvalue weighted by Gasteiger charge is -2.03. The number of hydrogen-bond donors (Lipinski definition) is 0. The molecule has 2 rings (SSSR count). The van der Waals surface area contributed by atoms with Crippen LogP contribution < -0.4 is 0 Å². The molecule has 0 aliphatic carbocycles. The average molecular weight is 227 g/mol. The fraction of sp³-hybridized carbons (Fsp3) is 0.182. The summed E-state index contributed by atoms with van der Waals surface area (Å²) in [6.45, 7) is 0.511. The van der Waals surface area contributed by atoms with Crippen LogP contribution in [0.5, 0.6) is 0 Å². The van der Waals surface area contributed by atoms with Crippen molar-refractivity contribution in [2.75, 3.05) is 6.61 Å². The minimum atomic E-state index is -0.596. The molecule has 0 aromatic heterocycles. The molecule has 0 fully saturated rings. The Morgan fingerprint density at radius 3 is 2.87 bits per heavy atom. The highest BCUT2D eigenvalue weighted by atomic mass is 35.5. The number of rotatable bonds is 2. The molecule has 0 saturated carbocycles. The number of carbonyl (C=O) groups is 1. The third-order valence-corrected chi connectivity index (χ3v) is 2.42. The Labute approximate surface area is 91.3 Å². The molecule has 0 spiro atoms. The third kappa shape index (κ3) is 2.02. The number of ketones is 1. The van der Waals surface area contributed by atoms with E-state index < -0.39 is 5.82 Å². The fourth-order valence-corrected chi connectivity index (χ4v) is 1.47. The van der Waals surface area contributed by atoms with Crippen molar-refractivity contribution in [3.05, 3.63) is 46.4 Å². The molecule has 1 aliphatic rings. The highest BCUT2D eigenvalue weighted by Crippen LogP contribution is 2.20. The lowest BCUT2D eigenvalue weighted by Crippen LogP contribution is -2.04. The Morgan fingerprint density at radius 2 is 2.27 bits per heavy atom. The summed E-state index contributed by atoms with van der Waals surface area (Å²) in [5, 5.41) is 0.00729. The Balaban J connectivity index is 2.29. The number of carbonyl (C=O) groups excluding carboxylic acids is 1. The summed E-state index contributed by atoms with van der Waals surface area (Å²) >= 11 is 5.51. The Bertz CT molecular complexity index is 440. The van der Waals surface area contributed by atoms with Crippen LogP contribution in [0, 0.1) is 5.82 Å². The van der Waals surface area contributed by atoms with Gasteiger partial charge in [-0.2, -0.15) is 0 Å². The molecule has 0 atom stereocenters. The molecule has 15 heavy (non-hydrogen) atoms. The average Bonchev–Trinajstić information content (AvgIpc) is 2.74. The van der Waals surface area contributed by atoms with Crippen LogP contribution in [-0.2, 0) is 4.74 Å². The van der Waals surface area contributed by atoms with Gasteiger partial charge < -0.3 is 4.74 Å². The van der Waals surface area contributed by atoms with E-state index in [4.69, 9.17) is 16.3 Å². The quantitative estimate of drug-likeness (QED) is 0.725. The topological polar surface area (TPSA) is 26.3 Å². The van der Waals surface area contributed by atoms with Crippen LogP contribution in [-0.4, -0.2) is 12.4 Å². The lowest BCUT2D eigenvalue weighted by molar-refractivity contribution is 0.0942. The summed E-state index contributed by atoms with van der Waals surface area (Å²) in [7, 11) is 0. The Morgan fingerprint density at radius 1 is 1.47 bits per heavy atom. The van der Waals surface area contributed by atoms with Crippen molar-refractivity contribution in [1.29, 1.82) is 0 Å². The van der Waals surface area contributed by atoms with Gasteiger partial charge in [0.1, 0.15) is 5.82 Å². The maximum Gasteiger partial charge on any atom is 0.227 e. The molecule has 0 N–H and O–H groups in total. The molecule has 0 unspecified atom stereocenters. The molecule has 2 nitrogen and oxygen atoms in total. The van der Waals surface area contributed by atoms with Crippen molar-refractivity contribution >= 4 is 17.4 Å². The molecule has 1 heterocycles. The third-order valence-electron chi connectivity index (χ3n) is 2.11. The van der Waals surface area contributed by atoms with Gasteiger partial charge in [-0.05, 0) is 24.3 Å². The Kier molecular flexibility index (Phi) is 2.73. The predicted octanol–water partition coefficient (Wildman–Crippen LogP) is 2.97. The summed E-state index contributed by atoms with van der Waals surface area (Å²) in [6, 6.07) is 3.96. The number of allylic oxidation sites excluding steroid dienone is 1. The number of Topliss-reactive ketones (excluding diaryl/α,β-unsaturated/α-hetero) is 1. The van der Waals surface area contributed by atoms with Gasteiger partial charge in [-0.25, -0.2) is 4.39 Å². The van der Waals surface area contributed by atoms with E-state index in [1.165, 1.54) is 12.1 Å². The molecule has 1 aliphatic heterocycles. The minimum absolute atomic E-state index is 0.00729. The molecular formula is C11H8ClFO2. The van der Waals surface area contributed by atoms with Gasteiger partial charge in [0.15, 0.2) is 5.76 Å². The molecule has 0 amide bonds. The first-order valence-corrected chi connectivity index (χ1v) is 4.89. The minimum Gasteiger partial charge on any atom is -0.489 e. The van der Waals surface area contributed by atoms with Gasteiger partial charge in [-0.1, -0.05) is 11.6 Å². The van der Waals surface area contributed by atoms with Gasteiger partial charge >= 0.3 is 0 Å².